The predicted octanol–water partition coefficient (Wildman–Crippen LogP) is 2.37. The van der Waals surface area contributed by atoms with E-state index in [1.165, 1.54) is 0 Å². The Balaban J connectivity index is 2.12. The summed E-state index contributed by atoms with van der Waals surface area (Å²) in [5.41, 5.74) is 0.867. The third kappa shape index (κ3) is 3.58. The minimum Gasteiger partial charge on any atom is -0.493 e. The molecule has 0 atom stereocenters. The molecule has 0 aliphatic carbocycles. The summed E-state index contributed by atoms with van der Waals surface area (Å²) in [5, 5.41) is 0.931. The molecule has 101 valence electrons. The number of fused-ring (bicyclic) bond motifs is 1. The van der Waals surface area contributed by atoms with Gasteiger partial charge in [-0.25, -0.2) is 0 Å². The molecule has 1 radical (unpaired) electrons. The topological polar surface area (TPSA) is 34.6 Å². The van der Waals surface area contributed by atoms with Crippen LogP contribution in [-0.4, -0.2) is 44.2 Å². The van der Waals surface area contributed by atoms with Gasteiger partial charge in [0.15, 0.2) is 11.5 Å². The summed E-state index contributed by atoms with van der Waals surface area (Å²) in [7, 11) is 5.75. The lowest BCUT2D eigenvalue weighted by Crippen LogP contribution is -2.15. The van der Waals surface area contributed by atoms with Crippen molar-refractivity contribution in [1.29, 1.82) is 0 Å². The van der Waals surface area contributed by atoms with E-state index >= 15 is 0 Å². The first-order chi connectivity index (χ1) is 9.20. The Morgan fingerprint density at radius 1 is 1.26 bits per heavy atom. The maximum absolute atomic E-state index is 5.78. The van der Waals surface area contributed by atoms with Gasteiger partial charge in [-0.1, -0.05) is 0 Å². The maximum atomic E-state index is 5.78. The van der Waals surface area contributed by atoms with Gasteiger partial charge in [0.05, 0.1) is 19.2 Å². The van der Waals surface area contributed by atoms with E-state index < -0.39 is 0 Å². The van der Waals surface area contributed by atoms with Crippen LogP contribution in [0, 0.1) is 6.07 Å². The molecule has 2 aromatic rings. The second-order valence-corrected chi connectivity index (χ2v) is 4.61. The van der Waals surface area contributed by atoms with Gasteiger partial charge in [-0.3, -0.25) is 4.98 Å². The number of ether oxygens (including phenoxy) is 2. The number of nitrogens with zero attached hydrogens (tertiary/aromatic N) is 2. The highest BCUT2D eigenvalue weighted by Crippen LogP contribution is 2.31. The summed E-state index contributed by atoms with van der Waals surface area (Å²) in [6, 6.07) is 8.73. The number of aromatic nitrogens is 1. The average molecular weight is 259 g/mol. The molecule has 0 amide bonds. The fourth-order valence-electron chi connectivity index (χ4n) is 1.85. The van der Waals surface area contributed by atoms with Crippen LogP contribution >= 0.6 is 0 Å². The van der Waals surface area contributed by atoms with Crippen LogP contribution < -0.4 is 9.47 Å². The molecule has 0 saturated heterocycles. The van der Waals surface area contributed by atoms with Gasteiger partial charge in [-0.05, 0) is 38.7 Å². The van der Waals surface area contributed by atoms with E-state index in [1.54, 1.807) is 19.4 Å². The van der Waals surface area contributed by atoms with Gasteiger partial charge in [-0.15, -0.1) is 0 Å². The van der Waals surface area contributed by atoms with Gasteiger partial charge in [0.1, 0.15) is 0 Å². The van der Waals surface area contributed by atoms with E-state index in [-0.39, 0.29) is 0 Å². The highest BCUT2D eigenvalue weighted by atomic mass is 16.5. The Morgan fingerprint density at radius 2 is 2.11 bits per heavy atom. The zero-order valence-corrected chi connectivity index (χ0v) is 11.6. The van der Waals surface area contributed by atoms with E-state index in [9.17, 15) is 0 Å². The summed E-state index contributed by atoms with van der Waals surface area (Å²) in [6.45, 7) is 1.67. The van der Waals surface area contributed by atoms with Gasteiger partial charge in [0, 0.05) is 24.2 Å². The van der Waals surface area contributed by atoms with Gasteiger partial charge in [0.25, 0.3) is 0 Å². The normalized spacial score (nSPS) is 10.9. The number of rotatable bonds is 6. The molecule has 4 heteroatoms. The predicted molar refractivity (Wildman–Crippen MR) is 75.8 cm³/mol. The van der Waals surface area contributed by atoms with Crippen LogP contribution in [0.4, 0.5) is 0 Å². The summed E-state index contributed by atoms with van der Waals surface area (Å²) < 4.78 is 11.1. The number of hydrogen-bond acceptors (Lipinski definition) is 4. The van der Waals surface area contributed by atoms with Crippen LogP contribution in [0.5, 0.6) is 11.5 Å². The van der Waals surface area contributed by atoms with Crippen molar-refractivity contribution in [3.63, 3.8) is 0 Å². The van der Waals surface area contributed by atoms with E-state index in [0.717, 1.165) is 35.4 Å². The number of methoxy groups -OCH3 is 1. The molecule has 1 heterocycles. The van der Waals surface area contributed by atoms with Gasteiger partial charge in [-0.2, -0.15) is 0 Å². The molecule has 0 bridgehead atoms. The molecule has 0 spiro atoms. The lowest BCUT2D eigenvalue weighted by molar-refractivity contribution is 0.268. The molecule has 19 heavy (non-hydrogen) atoms. The van der Waals surface area contributed by atoms with Gasteiger partial charge >= 0.3 is 0 Å². The maximum Gasteiger partial charge on any atom is 0.163 e. The van der Waals surface area contributed by atoms with Crippen molar-refractivity contribution in [3.05, 3.63) is 30.5 Å². The van der Waals surface area contributed by atoms with Crippen LogP contribution in [0.3, 0.4) is 0 Å². The highest BCUT2D eigenvalue weighted by molar-refractivity contribution is 5.81. The lowest BCUT2D eigenvalue weighted by Gasteiger charge is -2.13. The zero-order chi connectivity index (χ0) is 13.7. The monoisotopic (exact) mass is 259 g/mol. The molecule has 0 N–H and O–H groups in total. The standard InChI is InChI=1S/C15H19N2O2/c1-17(2)8-5-9-19-15-11-13-12(6-4-7-16-13)10-14(15)18-3/h4,7,10-11H,5,8-9H2,1-3H3. The minimum atomic E-state index is 0.663. The van der Waals surface area contributed by atoms with Crippen LogP contribution in [0.1, 0.15) is 6.42 Å². The van der Waals surface area contributed by atoms with Crippen molar-refractivity contribution in [1.82, 2.24) is 9.88 Å². The SMILES string of the molecule is COc1cc2[c]ccnc2cc1OCCCN(C)C. The molecular weight excluding hydrogens is 240 g/mol. The summed E-state index contributed by atoms with van der Waals surface area (Å²) in [6.07, 6.45) is 2.70. The average Bonchev–Trinajstić information content (AvgIpc) is 2.42. The molecule has 0 aliphatic heterocycles. The Labute approximate surface area is 114 Å². The van der Waals surface area contributed by atoms with Crippen molar-refractivity contribution < 1.29 is 9.47 Å². The number of benzene rings is 1. The fourth-order valence-corrected chi connectivity index (χ4v) is 1.85. The molecule has 1 aromatic heterocycles. The van der Waals surface area contributed by atoms with Crippen LogP contribution in [0.2, 0.25) is 0 Å². The first-order valence-corrected chi connectivity index (χ1v) is 6.32. The molecule has 0 fully saturated rings. The summed E-state index contributed by atoms with van der Waals surface area (Å²) >= 11 is 0. The third-order valence-electron chi connectivity index (χ3n) is 2.82. The Bertz CT molecular complexity index is 541. The molecule has 0 saturated carbocycles. The molecule has 0 aliphatic rings. The first-order valence-electron chi connectivity index (χ1n) is 6.32. The molecule has 0 unspecified atom stereocenters. The lowest BCUT2D eigenvalue weighted by atomic mass is 10.2. The van der Waals surface area contributed by atoms with Crippen molar-refractivity contribution in [2.45, 2.75) is 6.42 Å². The van der Waals surface area contributed by atoms with Gasteiger partial charge < -0.3 is 14.4 Å². The van der Waals surface area contributed by atoms with Crippen LogP contribution in [0.15, 0.2) is 24.4 Å². The molecule has 1 aromatic carbocycles. The Hall–Kier alpha value is -1.81. The zero-order valence-electron chi connectivity index (χ0n) is 11.6. The summed E-state index contributed by atoms with van der Waals surface area (Å²) in [5.74, 6) is 1.46. The fraction of sp³-hybridized carbons (Fsp3) is 0.400. The third-order valence-corrected chi connectivity index (χ3v) is 2.82. The van der Waals surface area contributed by atoms with Crippen molar-refractivity contribution in [2.75, 3.05) is 34.4 Å². The Kier molecular flexibility index (Phi) is 4.58. The second-order valence-electron chi connectivity index (χ2n) is 4.61. The van der Waals surface area contributed by atoms with Crippen LogP contribution in [0.25, 0.3) is 10.9 Å². The smallest absolute Gasteiger partial charge is 0.163 e. The first kappa shape index (κ1) is 13.6. The minimum absolute atomic E-state index is 0.663. The Morgan fingerprint density at radius 3 is 2.84 bits per heavy atom. The number of hydrogen-bond donors (Lipinski definition) is 0. The van der Waals surface area contributed by atoms with Gasteiger partial charge in [0.2, 0.25) is 0 Å². The second kappa shape index (κ2) is 6.38. The van der Waals surface area contributed by atoms with E-state index in [1.807, 2.05) is 12.1 Å². The molecule has 4 nitrogen and oxygen atoms in total. The van der Waals surface area contributed by atoms with Crippen molar-refractivity contribution >= 4 is 10.9 Å². The largest absolute Gasteiger partial charge is 0.493 e. The van der Waals surface area contributed by atoms with Crippen molar-refractivity contribution in [2.24, 2.45) is 0 Å². The summed E-state index contributed by atoms with van der Waals surface area (Å²) in [4.78, 5) is 6.44. The van der Waals surface area contributed by atoms with E-state index in [2.05, 4.69) is 30.0 Å². The number of pyridine rings is 1. The van der Waals surface area contributed by atoms with Crippen molar-refractivity contribution in [3.8, 4) is 11.5 Å². The molecular formula is C15H19N2O2. The van der Waals surface area contributed by atoms with E-state index in [0.29, 0.717) is 6.61 Å². The highest BCUT2D eigenvalue weighted by Gasteiger charge is 2.07. The van der Waals surface area contributed by atoms with Crippen LogP contribution in [-0.2, 0) is 0 Å². The molecule has 2 rings (SSSR count). The quantitative estimate of drug-likeness (QED) is 0.746. The van der Waals surface area contributed by atoms with E-state index in [4.69, 9.17) is 9.47 Å².